The molecule has 9 rings (SSSR count). The maximum Gasteiger partial charge on any atom is 0.254 e. The predicted molar refractivity (Wildman–Crippen MR) is 342 cm³/mol. The van der Waals surface area contributed by atoms with Gasteiger partial charge in [0.1, 0.15) is 30.0 Å². The summed E-state index contributed by atoms with van der Waals surface area (Å²) in [5, 5.41) is 23.2. The van der Waals surface area contributed by atoms with Crippen LogP contribution in [-0.2, 0) is 93.8 Å². The quantitative estimate of drug-likeness (QED) is 0.0410. The van der Waals surface area contributed by atoms with Gasteiger partial charge in [0.05, 0.1) is 59.5 Å². The minimum atomic E-state index is -1.97. The lowest BCUT2D eigenvalue weighted by Gasteiger charge is -2.43. The van der Waals surface area contributed by atoms with Crippen molar-refractivity contribution < 1.29 is 57.8 Å². The summed E-state index contributed by atoms with van der Waals surface area (Å²) in [5.41, 5.74) is 4.35. The van der Waals surface area contributed by atoms with Crippen molar-refractivity contribution in [2.24, 2.45) is 0 Å². The normalized spacial score (nSPS) is 16.6. The summed E-state index contributed by atoms with van der Waals surface area (Å²) in [7, 11) is 4.07. The third-order valence-corrected chi connectivity index (χ3v) is 15.9. The summed E-state index contributed by atoms with van der Waals surface area (Å²) in [4.78, 5) is 50.0. The highest BCUT2D eigenvalue weighted by molar-refractivity contribution is 5.87. The predicted octanol–water partition coefficient (Wildman–Crippen LogP) is 8.95. The molecular weight excluding hydrogens is 1120 g/mol. The number of likely N-dealkylation sites (N-methyl/N-ethyl adjacent to an activating group) is 2. The van der Waals surface area contributed by atoms with Crippen molar-refractivity contribution in [3.05, 3.63) is 251 Å². The SMILES string of the molecule is CCC(=O)[C@@H](OCc1ccccc1)[C@H](OCc1ccccc1)[C@@H](OCc1ccccc1)C(=O)N1CCN(C)CC1.CN1CCN(C(=O)[C@H](OCc2ccccc2)[C@@H](OCc2ccccc2)[C@H](OCc2ccccc2)C(O)(CO)COCc2ccccc2)CC1. The van der Waals surface area contributed by atoms with E-state index in [1.807, 2.05) is 231 Å². The van der Waals surface area contributed by atoms with Gasteiger partial charge in [0.2, 0.25) is 0 Å². The highest BCUT2D eigenvalue weighted by Crippen LogP contribution is 2.29. The molecule has 2 amide bonds. The number of aliphatic hydroxyl groups is 2. The zero-order chi connectivity index (χ0) is 62.5. The Morgan fingerprint density at radius 2 is 0.674 bits per heavy atom. The number of amides is 2. The number of nitrogens with zero attached hydrogens (tertiary/aromatic N) is 4. The zero-order valence-electron chi connectivity index (χ0n) is 51.7. The van der Waals surface area contributed by atoms with Gasteiger partial charge in [-0.05, 0) is 53.0 Å². The molecule has 2 N–H and O–H groups in total. The van der Waals surface area contributed by atoms with Crippen LogP contribution < -0.4 is 0 Å². The molecule has 0 spiro atoms. The molecular formula is C73H88N4O12. The van der Waals surface area contributed by atoms with Gasteiger partial charge in [-0.25, -0.2) is 0 Å². The highest BCUT2D eigenvalue weighted by atomic mass is 16.6. The summed E-state index contributed by atoms with van der Waals surface area (Å²) in [6.07, 6.45) is -6.26. The van der Waals surface area contributed by atoms with E-state index in [0.717, 1.165) is 52.0 Å². The molecule has 7 atom stereocenters. The second-order valence-corrected chi connectivity index (χ2v) is 22.7. The molecule has 16 nitrogen and oxygen atoms in total. The van der Waals surface area contributed by atoms with Crippen LogP contribution in [0.5, 0.6) is 0 Å². The molecule has 0 saturated carbocycles. The average molecular weight is 1210 g/mol. The molecule has 0 aliphatic carbocycles. The van der Waals surface area contributed by atoms with Crippen molar-refractivity contribution in [2.75, 3.05) is 79.7 Å². The average Bonchev–Trinajstić information content (AvgIpc) is 1.19. The van der Waals surface area contributed by atoms with Gasteiger partial charge in [0.15, 0.2) is 18.0 Å². The molecule has 2 aliphatic rings. The van der Waals surface area contributed by atoms with E-state index in [1.54, 1.807) is 11.8 Å². The molecule has 2 fully saturated rings. The van der Waals surface area contributed by atoms with E-state index in [9.17, 15) is 24.6 Å². The van der Waals surface area contributed by atoms with Crippen LogP contribution in [0, 0.1) is 0 Å². The van der Waals surface area contributed by atoms with Crippen LogP contribution in [0.1, 0.15) is 52.3 Å². The maximum atomic E-state index is 14.5. The number of carbonyl (C=O) groups excluding carboxylic acids is 3. The third kappa shape index (κ3) is 21.4. The molecule has 2 saturated heterocycles. The fourth-order valence-electron chi connectivity index (χ4n) is 10.5. The number of benzene rings is 7. The fourth-order valence-corrected chi connectivity index (χ4v) is 10.5. The number of ether oxygens (including phenoxy) is 7. The van der Waals surface area contributed by atoms with E-state index in [0.29, 0.717) is 39.3 Å². The van der Waals surface area contributed by atoms with E-state index < -0.39 is 48.8 Å². The zero-order valence-corrected chi connectivity index (χ0v) is 51.7. The maximum absolute atomic E-state index is 14.5. The smallest absolute Gasteiger partial charge is 0.254 e. The summed E-state index contributed by atoms with van der Waals surface area (Å²) in [5.74, 6) is -0.575. The minimum absolute atomic E-state index is 0.0891. The number of carbonyl (C=O) groups is 3. The molecule has 1 unspecified atom stereocenters. The molecule has 2 heterocycles. The van der Waals surface area contributed by atoms with Crippen LogP contribution >= 0.6 is 0 Å². The van der Waals surface area contributed by atoms with Crippen molar-refractivity contribution in [3.8, 4) is 0 Å². The van der Waals surface area contributed by atoms with Gasteiger partial charge < -0.3 is 63.0 Å². The first-order valence-electron chi connectivity index (χ1n) is 30.9. The number of Topliss-reactive ketones (excluding diaryl/α,β-unsaturated/α-hetero) is 1. The van der Waals surface area contributed by atoms with E-state index in [4.69, 9.17) is 33.2 Å². The number of piperazine rings is 2. The van der Waals surface area contributed by atoms with Crippen molar-refractivity contribution in [1.82, 2.24) is 19.6 Å². The number of hydrogen-bond donors (Lipinski definition) is 2. The second-order valence-electron chi connectivity index (χ2n) is 22.7. The molecule has 0 radical (unpaired) electrons. The van der Waals surface area contributed by atoms with Crippen LogP contribution in [0.3, 0.4) is 0 Å². The molecule has 2 aliphatic heterocycles. The first kappa shape index (κ1) is 67.6. The minimum Gasteiger partial charge on any atom is -0.393 e. The number of ketones is 1. The molecule has 0 aromatic heterocycles. The number of rotatable bonds is 32. The van der Waals surface area contributed by atoms with Gasteiger partial charge >= 0.3 is 0 Å². The lowest BCUT2D eigenvalue weighted by atomic mass is 9.90. The summed E-state index contributed by atoms with van der Waals surface area (Å²) >= 11 is 0. The Labute approximate surface area is 525 Å². The van der Waals surface area contributed by atoms with Gasteiger partial charge in [-0.15, -0.1) is 0 Å². The van der Waals surface area contributed by atoms with Crippen molar-refractivity contribution in [3.63, 3.8) is 0 Å². The Kier molecular flexibility index (Phi) is 27.7. The van der Waals surface area contributed by atoms with Gasteiger partial charge in [0.25, 0.3) is 11.8 Å². The van der Waals surface area contributed by atoms with E-state index in [2.05, 4.69) is 9.80 Å². The number of hydrogen-bond acceptors (Lipinski definition) is 14. The molecule has 472 valence electrons. The molecule has 7 aromatic carbocycles. The lowest BCUT2D eigenvalue weighted by Crippen LogP contribution is -2.63. The molecule has 7 aromatic rings. The summed E-state index contributed by atoms with van der Waals surface area (Å²) in [6, 6.07) is 67.5. The van der Waals surface area contributed by atoms with Crippen LogP contribution in [0.25, 0.3) is 0 Å². The van der Waals surface area contributed by atoms with Crippen LogP contribution in [0.2, 0.25) is 0 Å². The van der Waals surface area contributed by atoms with E-state index >= 15 is 0 Å². The lowest BCUT2D eigenvalue weighted by molar-refractivity contribution is -0.233. The van der Waals surface area contributed by atoms with Gasteiger partial charge in [-0.3, -0.25) is 14.4 Å². The standard InChI is InChI=1S/C40H48N2O7.C33H40N2O5/c1-41-22-24-42(25-23-41)39(44)37(48-28-34-18-10-4-11-19-34)36(47-27-33-16-8-3-9-17-33)38(49-29-35-20-12-5-13-21-35)40(45,30-43)31-46-26-32-14-6-2-7-15-32;1-3-29(36)30(38-23-26-13-7-4-8-14-26)31(39-24-27-15-9-5-10-16-27)32(40-25-28-17-11-6-12-18-28)33(37)35-21-19-34(2)20-22-35/h2-21,36-38,43,45H,22-31H2,1H3;4-18,30-32H,3,19-25H2,1-2H3/t36-,37-,38+,40?;30-,31+,32-/m11/s1. The third-order valence-electron chi connectivity index (χ3n) is 15.9. The summed E-state index contributed by atoms with van der Waals surface area (Å²) < 4.78 is 44.9. The monoisotopic (exact) mass is 1210 g/mol. The topological polar surface area (TPSA) is 169 Å². The first-order valence-corrected chi connectivity index (χ1v) is 30.9. The Morgan fingerprint density at radius 3 is 1.00 bits per heavy atom. The second kappa shape index (κ2) is 36.4. The van der Waals surface area contributed by atoms with Crippen LogP contribution in [0.15, 0.2) is 212 Å². The summed E-state index contributed by atoms with van der Waals surface area (Å²) in [6.45, 7) is 7.19. The van der Waals surface area contributed by atoms with Crippen molar-refractivity contribution in [1.29, 1.82) is 0 Å². The Balaban J connectivity index is 0.000000235. The first-order chi connectivity index (χ1) is 43.5. The van der Waals surface area contributed by atoms with Crippen LogP contribution in [0.4, 0.5) is 0 Å². The van der Waals surface area contributed by atoms with E-state index in [1.165, 1.54) is 0 Å². The molecule has 0 bridgehead atoms. The highest BCUT2D eigenvalue weighted by Gasteiger charge is 2.50. The van der Waals surface area contributed by atoms with Gasteiger partial charge in [-0.2, -0.15) is 0 Å². The van der Waals surface area contributed by atoms with Gasteiger partial charge in [0, 0.05) is 58.8 Å². The Bertz CT molecular complexity index is 3090. The Hall–Kier alpha value is -7.29. The largest absolute Gasteiger partial charge is 0.393 e. The number of aliphatic hydroxyl groups excluding tert-OH is 1. The van der Waals surface area contributed by atoms with Crippen LogP contribution in [-0.4, -0.2) is 169 Å². The molecule has 16 heteroatoms. The molecule has 89 heavy (non-hydrogen) atoms. The van der Waals surface area contributed by atoms with E-state index in [-0.39, 0.29) is 76.9 Å². The van der Waals surface area contributed by atoms with Crippen molar-refractivity contribution >= 4 is 17.6 Å². The van der Waals surface area contributed by atoms with Gasteiger partial charge in [-0.1, -0.05) is 219 Å². The van der Waals surface area contributed by atoms with Crippen molar-refractivity contribution in [2.45, 2.75) is 102 Å². The Morgan fingerprint density at radius 1 is 0.393 bits per heavy atom. The fraction of sp³-hybridized carbons (Fsp3) is 0.384.